The number of benzene rings is 2. The average Bonchev–Trinajstić information content (AvgIpc) is 2.69. The molecule has 156 valence electrons. The quantitative estimate of drug-likeness (QED) is 0.484. The molecule has 0 fully saturated rings. The molecule has 4 nitrogen and oxygen atoms in total. The second kappa shape index (κ2) is 8.10. The molecule has 0 saturated carbocycles. The summed E-state index contributed by atoms with van der Waals surface area (Å²) in [6.45, 7) is -1.48. The van der Waals surface area contributed by atoms with Gasteiger partial charge >= 0.3 is 6.18 Å². The van der Waals surface area contributed by atoms with Crippen LogP contribution in [0.3, 0.4) is 0 Å². The van der Waals surface area contributed by atoms with Gasteiger partial charge in [0.25, 0.3) is 0 Å². The van der Waals surface area contributed by atoms with Gasteiger partial charge in [-0.15, -0.1) is 0 Å². The SMILES string of the molecule is O=C(NCC(F)(F)F)C1(CCCCBr)c2ccccc2S(=O)(=O)c2ccccc21. The van der Waals surface area contributed by atoms with E-state index in [1.807, 2.05) is 5.32 Å². The van der Waals surface area contributed by atoms with Gasteiger partial charge in [0.15, 0.2) is 0 Å². The molecule has 3 rings (SSSR count). The number of amides is 1. The summed E-state index contributed by atoms with van der Waals surface area (Å²) in [5.41, 5.74) is -1.09. The number of hydrogen-bond acceptors (Lipinski definition) is 3. The Kier molecular flexibility index (Phi) is 6.10. The molecule has 1 N–H and O–H groups in total. The monoisotopic (exact) mass is 489 g/mol. The topological polar surface area (TPSA) is 63.2 Å². The lowest BCUT2D eigenvalue weighted by atomic mass is 9.70. The van der Waals surface area contributed by atoms with E-state index in [4.69, 9.17) is 0 Å². The van der Waals surface area contributed by atoms with Crippen LogP contribution in [0.25, 0.3) is 0 Å². The number of halogens is 4. The highest BCUT2D eigenvalue weighted by Crippen LogP contribution is 2.48. The minimum atomic E-state index is -4.58. The lowest BCUT2D eigenvalue weighted by molar-refractivity contribution is -0.141. The predicted molar refractivity (Wildman–Crippen MR) is 106 cm³/mol. The first-order valence-electron chi connectivity index (χ1n) is 9.00. The summed E-state index contributed by atoms with van der Waals surface area (Å²) in [4.78, 5) is 13.2. The summed E-state index contributed by atoms with van der Waals surface area (Å²) in [7, 11) is -3.89. The molecule has 1 aliphatic heterocycles. The van der Waals surface area contributed by atoms with Crippen molar-refractivity contribution in [2.45, 2.75) is 40.6 Å². The molecule has 0 aromatic heterocycles. The van der Waals surface area contributed by atoms with E-state index >= 15 is 0 Å². The third-order valence-electron chi connectivity index (χ3n) is 5.05. The Labute approximate surface area is 175 Å². The van der Waals surface area contributed by atoms with Crippen molar-refractivity contribution in [2.24, 2.45) is 0 Å². The zero-order valence-electron chi connectivity index (χ0n) is 15.3. The van der Waals surface area contributed by atoms with Crippen molar-refractivity contribution >= 4 is 31.7 Å². The van der Waals surface area contributed by atoms with E-state index in [1.54, 1.807) is 24.3 Å². The standard InChI is InChI=1S/C20H19BrF3NO3S/c21-12-6-5-11-19(18(26)25-13-20(22,23)24)14-7-1-3-9-16(14)29(27,28)17-10-4-2-8-15(17)19/h1-4,7-10H,5-6,11-13H2,(H,25,26). The first-order chi connectivity index (χ1) is 13.6. The van der Waals surface area contributed by atoms with Crippen LogP contribution < -0.4 is 5.32 Å². The van der Waals surface area contributed by atoms with E-state index in [-0.39, 0.29) is 27.3 Å². The molecule has 9 heteroatoms. The number of unbranched alkanes of at least 4 members (excludes halogenated alkanes) is 1. The van der Waals surface area contributed by atoms with Crippen LogP contribution in [-0.4, -0.2) is 32.4 Å². The molecular weight excluding hydrogens is 471 g/mol. The highest BCUT2D eigenvalue weighted by molar-refractivity contribution is 9.09. The lowest BCUT2D eigenvalue weighted by Crippen LogP contribution is -2.50. The normalized spacial score (nSPS) is 16.6. The van der Waals surface area contributed by atoms with Crippen LogP contribution in [0.1, 0.15) is 30.4 Å². The first-order valence-corrected chi connectivity index (χ1v) is 11.6. The number of carbonyl (C=O) groups is 1. The van der Waals surface area contributed by atoms with Crippen LogP contribution >= 0.6 is 15.9 Å². The van der Waals surface area contributed by atoms with E-state index in [0.29, 0.717) is 18.2 Å². The maximum Gasteiger partial charge on any atom is 0.405 e. The molecule has 0 radical (unpaired) electrons. The summed E-state index contributed by atoms with van der Waals surface area (Å²) >= 11 is 3.32. The highest BCUT2D eigenvalue weighted by Gasteiger charge is 2.51. The number of alkyl halides is 4. The van der Waals surface area contributed by atoms with Crippen LogP contribution in [0.2, 0.25) is 0 Å². The fraction of sp³-hybridized carbons (Fsp3) is 0.350. The lowest BCUT2D eigenvalue weighted by Gasteiger charge is -2.39. The Morgan fingerprint density at radius 2 is 1.48 bits per heavy atom. The summed E-state index contributed by atoms with van der Waals surface area (Å²) in [5.74, 6) is -0.848. The van der Waals surface area contributed by atoms with Gasteiger partial charge in [-0.3, -0.25) is 4.79 Å². The zero-order valence-corrected chi connectivity index (χ0v) is 17.7. The molecular formula is C20H19BrF3NO3S. The molecule has 1 amide bonds. The number of sulfone groups is 1. The van der Waals surface area contributed by atoms with Crippen LogP contribution in [0.15, 0.2) is 58.3 Å². The third-order valence-corrected chi connectivity index (χ3v) is 7.48. The van der Waals surface area contributed by atoms with Gasteiger partial charge in [0.1, 0.15) is 12.0 Å². The van der Waals surface area contributed by atoms with E-state index in [0.717, 1.165) is 0 Å². The molecule has 0 bridgehead atoms. The number of fused-ring (bicyclic) bond motifs is 2. The van der Waals surface area contributed by atoms with Gasteiger partial charge in [0.05, 0.1) is 9.79 Å². The highest BCUT2D eigenvalue weighted by atomic mass is 79.9. The molecule has 1 aliphatic rings. The number of carbonyl (C=O) groups excluding carboxylic acids is 1. The van der Waals surface area contributed by atoms with Gasteiger partial charge in [-0.25, -0.2) is 8.42 Å². The van der Waals surface area contributed by atoms with Crippen molar-refractivity contribution in [2.75, 3.05) is 11.9 Å². The smallest absolute Gasteiger partial charge is 0.346 e. The largest absolute Gasteiger partial charge is 0.405 e. The van der Waals surface area contributed by atoms with Crippen LogP contribution in [0.5, 0.6) is 0 Å². The summed E-state index contributed by atoms with van der Waals surface area (Å²) in [6.07, 6.45) is -3.18. The van der Waals surface area contributed by atoms with Gasteiger partial charge in [-0.2, -0.15) is 13.2 Å². The van der Waals surface area contributed by atoms with Crippen molar-refractivity contribution in [1.29, 1.82) is 0 Å². The Morgan fingerprint density at radius 1 is 0.966 bits per heavy atom. The molecule has 1 heterocycles. The van der Waals surface area contributed by atoms with Crippen molar-refractivity contribution in [3.8, 4) is 0 Å². The Balaban J connectivity index is 2.25. The van der Waals surface area contributed by atoms with E-state index < -0.39 is 33.9 Å². The van der Waals surface area contributed by atoms with Crippen molar-refractivity contribution in [1.82, 2.24) is 5.32 Å². The van der Waals surface area contributed by atoms with E-state index in [2.05, 4.69) is 15.9 Å². The van der Waals surface area contributed by atoms with E-state index in [1.165, 1.54) is 24.3 Å². The van der Waals surface area contributed by atoms with Crippen LogP contribution in [0, 0.1) is 0 Å². The van der Waals surface area contributed by atoms with Gasteiger partial charge < -0.3 is 5.32 Å². The van der Waals surface area contributed by atoms with Crippen LogP contribution in [0.4, 0.5) is 13.2 Å². The number of rotatable bonds is 6. The summed E-state index contributed by atoms with van der Waals surface area (Å²) < 4.78 is 64.7. The number of hydrogen-bond donors (Lipinski definition) is 1. The van der Waals surface area contributed by atoms with Gasteiger partial charge in [0, 0.05) is 5.33 Å². The van der Waals surface area contributed by atoms with Crippen LogP contribution in [-0.2, 0) is 20.0 Å². The average molecular weight is 490 g/mol. The molecule has 0 saturated heterocycles. The Bertz CT molecular complexity index is 968. The minimum absolute atomic E-state index is 0.0419. The molecule has 29 heavy (non-hydrogen) atoms. The first kappa shape index (κ1) is 21.8. The minimum Gasteiger partial charge on any atom is -0.346 e. The molecule has 2 aromatic carbocycles. The number of nitrogens with one attached hydrogen (secondary N) is 1. The molecule has 0 atom stereocenters. The third kappa shape index (κ3) is 3.94. The Morgan fingerprint density at radius 3 is 1.97 bits per heavy atom. The van der Waals surface area contributed by atoms with Gasteiger partial charge in [0.2, 0.25) is 15.7 Å². The van der Waals surface area contributed by atoms with Gasteiger partial charge in [-0.1, -0.05) is 58.7 Å². The zero-order chi connectivity index (χ0) is 21.3. The summed E-state index contributed by atoms with van der Waals surface area (Å²) in [5, 5.41) is 2.66. The van der Waals surface area contributed by atoms with Crippen molar-refractivity contribution < 1.29 is 26.4 Å². The van der Waals surface area contributed by atoms with E-state index in [9.17, 15) is 26.4 Å². The van der Waals surface area contributed by atoms with Crippen molar-refractivity contribution in [3.63, 3.8) is 0 Å². The molecule has 0 aliphatic carbocycles. The molecule has 2 aromatic rings. The fourth-order valence-corrected chi connectivity index (χ4v) is 6.03. The van der Waals surface area contributed by atoms with Gasteiger partial charge in [-0.05, 0) is 36.1 Å². The molecule has 0 unspecified atom stereocenters. The second-order valence-corrected chi connectivity index (χ2v) is 9.52. The Hall–Kier alpha value is -1.87. The fourth-order valence-electron chi connectivity index (χ4n) is 3.81. The maximum atomic E-state index is 13.3. The predicted octanol–water partition coefficient (Wildman–Crippen LogP) is 4.36. The second-order valence-electron chi connectivity index (χ2n) is 6.85. The summed E-state index contributed by atoms with van der Waals surface area (Å²) in [6, 6.07) is 12.1. The maximum absolute atomic E-state index is 13.3. The molecule has 0 spiro atoms. The van der Waals surface area contributed by atoms with Crippen molar-refractivity contribution in [3.05, 3.63) is 59.7 Å².